The van der Waals surface area contributed by atoms with Gasteiger partial charge in [0.15, 0.2) is 11.5 Å². The smallest absolute Gasteiger partial charge is 0.183 e. The van der Waals surface area contributed by atoms with E-state index in [0.717, 1.165) is 35.9 Å². The molecule has 0 amide bonds. The number of nitrogens with zero attached hydrogens (tertiary/aromatic N) is 1. The summed E-state index contributed by atoms with van der Waals surface area (Å²) in [5.41, 5.74) is 4.45. The molecule has 2 aliphatic heterocycles. The Bertz CT molecular complexity index is 736. The van der Waals surface area contributed by atoms with Crippen LogP contribution >= 0.6 is 11.8 Å². The van der Waals surface area contributed by atoms with Gasteiger partial charge in [-0.1, -0.05) is 0 Å². The number of aromatic nitrogens is 1. The predicted molar refractivity (Wildman–Crippen MR) is 95.3 cm³/mol. The number of nitrogens with one attached hydrogen (secondary N) is 2. The van der Waals surface area contributed by atoms with Crippen LogP contribution < -0.4 is 24.8 Å². The number of fused-ring (bicyclic) bond motifs is 2. The summed E-state index contributed by atoms with van der Waals surface area (Å²) in [5.74, 6) is 3.06. The number of hydrogen-bond acceptors (Lipinski definition) is 7. The largest absolute Gasteiger partial charge is 0.493 e. The Kier molecular flexibility index (Phi) is 4.02. The van der Waals surface area contributed by atoms with Crippen molar-refractivity contribution in [2.75, 3.05) is 31.5 Å². The zero-order chi connectivity index (χ0) is 16.5. The lowest BCUT2D eigenvalue weighted by Crippen LogP contribution is -2.08. The van der Waals surface area contributed by atoms with Gasteiger partial charge in [0.05, 0.1) is 38.0 Å². The van der Waals surface area contributed by atoms with Crippen molar-refractivity contribution in [1.82, 2.24) is 4.98 Å². The second-order valence-corrected chi connectivity index (χ2v) is 6.74. The standard InChI is InChI=1S/C17H19N3O3S/c1-21-14-3-4-18-13(17(14)22-2)8-24-16-6-10-5-11-12(20-9-19-11)7-15(10)23-16/h3-5,7,16,19-20H,6,8-9H2,1-2H3. The summed E-state index contributed by atoms with van der Waals surface area (Å²) < 4.78 is 16.8. The molecular weight excluding hydrogens is 326 g/mol. The molecular formula is C17H19N3O3S. The highest BCUT2D eigenvalue weighted by atomic mass is 32.2. The SMILES string of the molecule is COc1ccnc(CSC2Cc3cc4c(cc3O2)NCN4)c1OC. The molecule has 24 heavy (non-hydrogen) atoms. The van der Waals surface area contributed by atoms with Crippen LogP contribution in [-0.4, -0.2) is 31.3 Å². The predicted octanol–water partition coefficient (Wildman–Crippen LogP) is 3.09. The molecule has 2 aliphatic rings. The molecule has 7 heteroatoms. The van der Waals surface area contributed by atoms with Crippen LogP contribution in [0.1, 0.15) is 11.3 Å². The van der Waals surface area contributed by atoms with Gasteiger partial charge >= 0.3 is 0 Å². The molecule has 3 heterocycles. The molecule has 0 saturated heterocycles. The van der Waals surface area contributed by atoms with Gasteiger partial charge in [0.25, 0.3) is 0 Å². The Hall–Kier alpha value is -2.28. The number of hydrogen-bond donors (Lipinski definition) is 2. The maximum absolute atomic E-state index is 6.08. The van der Waals surface area contributed by atoms with Gasteiger partial charge in [-0.2, -0.15) is 0 Å². The number of methoxy groups -OCH3 is 2. The zero-order valence-electron chi connectivity index (χ0n) is 13.6. The molecule has 0 bridgehead atoms. The fourth-order valence-electron chi connectivity index (χ4n) is 3.00. The van der Waals surface area contributed by atoms with Crippen LogP contribution in [0.2, 0.25) is 0 Å². The number of rotatable bonds is 5. The van der Waals surface area contributed by atoms with Gasteiger partial charge in [0, 0.05) is 36.1 Å². The van der Waals surface area contributed by atoms with Crippen LogP contribution in [-0.2, 0) is 12.2 Å². The molecule has 1 atom stereocenters. The van der Waals surface area contributed by atoms with E-state index in [1.165, 1.54) is 5.56 Å². The van der Waals surface area contributed by atoms with Crippen molar-refractivity contribution in [2.24, 2.45) is 0 Å². The Labute approximate surface area is 144 Å². The van der Waals surface area contributed by atoms with E-state index in [0.29, 0.717) is 17.3 Å². The zero-order valence-corrected chi connectivity index (χ0v) is 14.4. The van der Waals surface area contributed by atoms with Gasteiger partial charge in [-0.15, -0.1) is 11.8 Å². The van der Waals surface area contributed by atoms with Crippen LogP contribution in [0, 0.1) is 0 Å². The molecule has 2 N–H and O–H groups in total. The number of pyridine rings is 1. The lowest BCUT2D eigenvalue weighted by Gasteiger charge is -2.13. The minimum absolute atomic E-state index is 0.0835. The molecule has 4 rings (SSSR count). The van der Waals surface area contributed by atoms with E-state index in [2.05, 4.69) is 27.8 Å². The lowest BCUT2D eigenvalue weighted by atomic mass is 10.1. The maximum atomic E-state index is 6.08. The first-order valence-corrected chi connectivity index (χ1v) is 8.82. The van der Waals surface area contributed by atoms with E-state index in [1.54, 1.807) is 38.2 Å². The van der Waals surface area contributed by atoms with E-state index in [1.807, 2.05) is 0 Å². The van der Waals surface area contributed by atoms with Crippen LogP contribution in [0.3, 0.4) is 0 Å². The quantitative estimate of drug-likeness (QED) is 0.863. The first kappa shape index (κ1) is 15.3. The van der Waals surface area contributed by atoms with Crippen LogP contribution in [0.15, 0.2) is 24.4 Å². The van der Waals surface area contributed by atoms with E-state index in [4.69, 9.17) is 14.2 Å². The van der Waals surface area contributed by atoms with E-state index in [-0.39, 0.29) is 5.44 Å². The normalized spacial score (nSPS) is 17.3. The Balaban J connectivity index is 1.45. The first-order valence-electron chi connectivity index (χ1n) is 7.77. The first-order chi connectivity index (χ1) is 11.8. The highest BCUT2D eigenvalue weighted by Crippen LogP contribution is 2.41. The number of benzene rings is 1. The van der Waals surface area contributed by atoms with Gasteiger partial charge in [-0.25, -0.2) is 0 Å². The van der Waals surface area contributed by atoms with Crippen molar-refractivity contribution in [2.45, 2.75) is 17.6 Å². The van der Waals surface area contributed by atoms with Gasteiger partial charge in [0.1, 0.15) is 11.2 Å². The second kappa shape index (κ2) is 6.32. The number of thioether (sulfide) groups is 1. The summed E-state index contributed by atoms with van der Waals surface area (Å²) in [4.78, 5) is 4.42. The van der Waals surface area contributed by atoms with Crippen LogP contribution in [0.4, 0.5) is 11.4 Å². The molecule has 0 saturated carbocycles. The van der Waals surface area contributed by atoms with Crippen molar-refractivity contribution in [3.63, 3.8) is 0 Å². The lowest BCUT2D eigenvalue weighted by molar-refractivity contribution is 0.323. The van der Waals surface area contributed by atoms with Crippen LogP contribution in [0.25, 0.3) is 0 Å². The second-order valence-electron chi connectivity index (χ2n) is 5.59. The molecule has 126 valence electrons. The molecule has 0 spiro atoms. The minimum Gasteiger partial charge on any atom is -0.493 e. The minimum atomic E-state index is 0.0835. The Morgan fingerprint density at radius 3 is 2.88 bits per heavy atom. The Morgan fingerprint density at radius 2 is 2.08 bits per heavy atom. The fourth-order valence-corrected chi connectivity index (χ4v) is 4.02. The third-order valence-corrected chi connectivity index (χ3v) is 5.25. The molecule has 0 aliphatic carbocycles. The highest BCUT2D eigenvalue weighted by Gasteiger charge is 2.26. The summed E-state index contributed by atoms with van der Waals surface area (Å²) in [5, 5.41) is 6.61. The van der Waals surface area contributed by atoms with Gasteiger partial charge in [-0.05, 0) is 6.07 Å². The molecule has 2 aromatic rings. The Morgan fingerprint density at radius 1 is 1.25 bits per heavy atom. The summed E-state index contributed by atoms with van der Waals surface area (Å²) in [6.07, 6.45) is 2.63. The molecule has 1 aromatic heterocycles. The van der Waals surface area contributed by atoms with Crippen molar-refractivity contribution >= 4 is 23.1 Å². The maximum Gasteiger partial charge on any atom is 0.183 e. The molecule has 6 nitrogen and oxygen atoms in total. The topological polar surface area (TPSA) is 64.6 Å². The van der Waals surface area contributed by atoms with Crippen molar-refractivity contribution < 1.29 is 14.2 Å². The summed E-state index contributed by atoms with van der Waals surface area (Å²) in [6.45, 7) is 0.776. The van der Waals surface area contributed by atoms with Gasteiger partial charge < -0.3 is 24.8 Å². The van der Waals surface area contributed by atoms with E-state index < -0.39 is 0 Å². The third-order valence-electron chi connectivity index (χ3n) is 4.18. The van der Waals surface area contributed by atoms with E-state index in [9.17, 15) is 0 Å². The number of ether oxygens (including phenoxy) is 3. The molecule has 1 aromatic carbocycles. The third kappa shape index (κ3) is 2.69. The van der Waals surface area contributed by atoms with E-state index >= 15 is 0 Å². The van der Waals surface area contributed by atoms with Gasteiger partial charge in [0.2, 0.25) is 0 Å². The van der Waals surface area contributed by atoms with Gasteiger partial charge in [-0.3, -0.25) is 4.98 Å². The van der Waals surface area contributed by atoms with Crippen LogP contribution in [0.5, 0.6) is 17.2 Å². The highest BCUT2D eigenvalue weighted by molar-refractivity contribution is 7.99. The molecule has 1 unspecified atom stereocenters. The molecule has 0 fully saturated rings. The molecule has 0 radical (unpaired) electrons. The van der Waals surface area contributed by atoms with Crippen molar-refractivity contribution in [3.05, 3.63) is 35.7 Å². The number of anilines is 2. The average molecular weight is 345 g/mol. The summed E-state index contributed by atoms with van der Waals surface area (Å²) >= 11 is 1.72. The summed E-state index contributed by atoms with van der Waals surface area (Å²) in [6, 6.07) is 6.06. The fraction of sp³-hybridized carbons (Fsp3) is 0.353. The van der Waals surface area contributed by atoms with Crippen molar-refractivity contribution in [1.29, 1.82) is 0 Å². The average Bonchev–Trinajstić information content (AvgIpc) is 3.22. The summed E-state index contributed by atoms with van der Waals surface area (Å²) in [7, 11) is 3.27. The van der Waals surface area contributed by atoms with Crippen molar-refractivity contribution in [3.8, 4) is 17.2 Å². The monoisotopic (exact) mass is 345 g/mol.